The molecule has 0 rings (SSSR count). The zero-order chi connectivity index (χ0) is 17.5. The molecule has 0 aliphatic rings. The van der Waals surface area contributed by atoms with Crippen LogP contribution in [0, 0.1) is 0 Å². The summed E-state index contributed by atoms with van der Waals surface area (Å²) in [6.45, 7) is -3.42. The molecule has 0 bridgehead atoms. The largest absolute Gasteiger partial charge is 0.325 e. The van der Waals surface area contributed by atoms with E-state index in [0.717, 1.165) is 0 Å². The van der Waals surface area contributed by atoms with Gasteiger partial charge in [-0.15, -0.1) is 12.4 Å². The molecule has 0 aromatic heterocycles. The zero-order valence-corrected chi connectivity index (χ0v) is 16.9. The molecule has 0 heterocycles. The summed E-state index contributed by atoms with van der Waals surface area (Å²) in [5, 5.41) is 0. The molecule has 0 unspecified atom stereocenters. The molecule has 0 aromatic rings. The second-order valence-electron chi connectivity index (χ2n) is 1.54. The summed E-state index contributed by atoms with van der Waals surface area (Å²) in [5.41, 5.74) is 0. The maximum Gasteiger partial charge on any atom is 0.319 e. The van der Waals surface area contributed by atoms with Gasteiger partial charge in [0, 0.05) is 0 Å². The lowest BCUT2D eigenvalue weighted by Gasteiger charge is -1.88. The molecule has 0 fully saturated rings. The van der Waals surface area contributed by atoms with Crippen molar-refractivity contribution >= 4 is 68.0 Å². The third-order valence-electron chi connectivity index (χ3n) is 0. The van der Waals surface area contributed by atoms with Crippen LogP contribution >= 0.6 is 32.6 Å². The molecule has 0 aliphatic carbocycles. The van der Waals surface area contributed by atoms with Gasteiger partial charge in [0.15, 0.2) is 0 Å². The van der Waals surface area contributed by atoms with Crippen LogP contribution in [0.15, 0.2) is 0 Å². The topological polar surface area (TPSA) is 182 Å². The van der Waals surface area contributed by atoms with Crippen LogP contribution in [0.5, 0.6) is 0 Å². The van der Waals surface area contributed by atoms with E-state index in [2.05, 4.69) is 35.4 Å². The molecule has 20 heavy (non-hydrogen) atoms. The fourth-order valence-electron chi connectivity index (χ4n) is 0. The van der Waals surface area contributed by atoms with Gasteiger partial charge in [-0.25, -0.2) is 0 Å². The van der Waals surface area contributed by atoms with E-state index in [0.29, 0.717) is 0 Å². The average Bonchev–Trinajstić information content (AvgIpc) is 2.01. The standard InChI is InChI=1S/2C2H6.ClH.3H3O3PS/c2*1-2;;3*1-4(2,3)5/h2*1-2H3;1H;3*(H3,1,2,3,5). The molecular weight excluding hydrogens is 417 g/mol. The van der Waals surface area contributed by atoms with Gasteiger partial charge in [0.05, 0.1) is 0 Å². The summed E-state index contributed by atoms with van der Waals surface area (Å²) in [4.78, 5) is 68.0. The van der Waals surface area contributed by atoms with Gasteiger partial charge in [0.1, 0.15) is 0 Å². The van der Waals surface area contributed by atoms with Crippen molar-refractivity contribution < 1.29 is 44.0 Å². The first-order valence-electron chi connectivity index (χ1n) is 4.35. The molecule has 0 saturated heterocycles. The predicted molar refractivity (Wildman–Crippen MR) is 92.8 cm³/mol. The van der Waals surface area contributed by atoms with Gasteiger partial charge in [-0.3, -0.25) is 0 Å². The van der Waals surface area contributed by atoms with Crippen molar-refractivity contribution in [3.05, 3.63) is 0 Å². The summed E-state index contributed by atoms with van der Waals surface area (Å²) >= 11 is 10.8. The van der Waals surface area contributed by atoms with Crippen LogP contribution in [0.3, 0.4) is 0 Å². The van der Waals surface area contributed by atoms with Crippen molar-refractivity contribution in [2.45, 2.75) is 27.7 Å². The lowest BCUT2D eigenvalue weighted by Crippen LogP contribution is -1.65. The number of hydrogen-bond donors (Lipinski definition) is 9. The Kier molecular flexibility index (Phi) is 39.5. The van der Waals surface area contributed by atoms with Crippen LogP contribution in [0.1, 0.15) is 27.7 Å². The summed E-state index contributed by atoms with van der Waals surface area (Å²) in [7, 11) is 0. The Bertz CT molecular complexity index is 226. The second kappa shape index (κ2) is 20.9. The Morgan fingerprint density at radius 2 is 0.450 bits per heavy atom. The quantitative estimate of drug-likeness (QED) is 0.232. The summed E-state index contributed by atoms with van der Waals surface area (Å²) in [5.74, 6) is 0. The van der Waals surface area contributed by atoms with E-state index in [1.165, 1.54) is 0 Å². The maximum absolute atomic E-state index is 7.56. The Morgan fingerprint density at radius 3 is 0.450 bits per heavy atom. The summed E-state index contributed by atoms with van der Waals surface area (Å²) in [6.07, 6.45) is 0. The van der Waals surface area contributed by atoms with Gasteiger partial charge in [0.25, 0.3) is 0 Å². The third kappa shape index (κ3) is 2000. The Hall–Kier alpha value is 1.88. The van der Waals surface area contributed by atoms with E-state index in [4.69, 9.17) is 44.0 Å². The molecule has 9 nitrogen and oxygen atoms in total. The van der Waals surface area contributed by atoms with Crippen molar-refractivity contribution in [2.24, 2.45) is 0 Å². The highest BCUT2D eigenvalue weighted by Gasteiger charge is 1.93. The molecule has 0 spiro atoms. The lowest BCUT2D eigenvalue weighted by atomic mass is 11.0. The second-order valence-corrected chi connectivity index (χ2v) is 9.03. The summed E-state index contributed by atoms with van der Waals surface area (Å²) in [6, 6.07) is 0. The van der Waals surface area contributed by atoms with E-state index < -0.39 is 20.2 Å². The highest BCUT2D eigenvalue weighted by Crippen LogP contribution is 2.27. The first-order chi connectivity index (χ1) is 8.00. The van der Waals surface area contributed by atoms with E-state index in [9.17, 15) is 0 Å². The normalized spacial score (nSPS) is 9.45. The molecule has 132 valence electrons. The molecule has 16 heteroatoms. The van der Waals surface area contributed by atoms with Crippen LogP contribution in [-0.4, -0.2) is 44.0 Å². The third-order valence-corrected chi connectivity index (χ3v) is 0. The van der Waals surface area contributed by atoms with Crippen LogP contribution in [0.2, 0.25) is 0 Å². The van der Waals surface area contributed by atoms with E-state index in [1.807, 2.05) is 27.7 Å². The molecule has 0 radical (unpaired) electrons. The highest BCUT2D eigenvalue weighted by molar-refractivity contribution is 8.06. The fraction of sp³-hybridized carbons (Fsp3) is 1.00. The number of halogens is 1. The highest BCUT2D eigenvalue weighted by atomic mass is 35.5. The first kappa shape index (κ1) is 37.8. The van der Waals surface area contributed by atoms with Crippen molar-refractivity contribution in [3.8, 4) is 0 Å². The maximum atomic E-state index is 7.56. The minimum Gasteiger partial charge on any atom is -0.325 e. The zero-order valence-electron chi connectivity index (χ0n) is 11.0. The lowest BCUT2D eigenvalue weighted by molar-refractivity contribution is 0.361. The van der Waals surface area contributed by atoms with Gasteiger partial charge < -0.3 is 44.0 Å². The van der Waals surface area contributed by atoms with Gasteiger partial charge in [-0.05, 0) is 35.4 Å². The van der Waals surface area contributed by atoms with Crippen molar-refractivity contribution in [3.63, 3.8) is 0 Å². The van der Waals surface area contributed by atoms with Crippen molar-refractivity contribution in [1.29, 1.82) is 0 Å². The minimum absolute atomic E-state index is 0. The van der Waals surface area contributed by atoms with Gasteiger partial charge in [0.2, 0.25) is 0 Å². The molecule has 0 aromatic carbocycles. The number of hydrogen-bond acceptors (Lipinski definition) is 3. The van der Waals surface area contributed by atoms with E-state index >= 15 is 0 Å². The fourth-order valence-corrected chi connectivity index (χ4v) is 0. The van der Waals surface area contributed by atoms with Crippen molar-refractivity contribution in [1.82, 2.24) is 0 Å². The van der Waals surface area contributed by atoms with Crippen LogP contribution in [-0.2, 0) is 35.4 Å². The Morgan fingerprint density at radius 1 is 0.450 bits per heavy atom. The van der Waals surface area contributed by atoms with Crippen LogP contribution < -0.4 is 0 Å². The monoisotopic (exact) mass is 438 g/mol. The number of rotatable bonds is 0. The van der Waals surface area contributed by atoms with E-state index in [1.54, 1.807) is 0 Å². The van der Waals surface area contributed by atoms with Gasteiger partial charge in [-0.1, -0.05) is 27.7 Å². The Balaban J connectivity index is -0.0000000319. The molecule has 0 atom stereocenters. The van der Waals surface area contributed by atoms with Crippen molar-refractivity contribution in [2.75, 3.05) is 0 Å². The minimum atomic E-state index is -3.81. The average molecular weight is 439 g/mol. The summed E-state index contributed by atoms with van der Waals surface area (Å²) < 4.78 is 0. The molecular formula is C4H22ClO9P3S3. The first-order valence-corrected chi connectivity index (χ1v) is 12.3. The SMILES string of the molecule is CC.CC.Cl.OP(O)(O)=S.OP(O)(O)=S.OP(O)(O)=S. The molecule has 0 aliphatic heterocycles. The molecule has 0 amide bonds. The van der Waals surface area contributed by atoms with E-state index in [-0.39, 0.29) is 12.4 Å². The van der Waals surface area contributed by atoms with Gasteiger partial charge >= 0.3 is 20.2 Å². The Labute approximate surface area is 139 Å². The predicted octanol–water partition coefficient (Wildman–Crippen LogP) is 0.0376. The molecule has 9 N–H and O–H groups in total. The molecule has 0 saturated carbocycles. The van der Waals surface area contributed by atoms with Gasteiger partial charge in [-0.2, -0.15) is 0 Å². The van der Waals surface area contributed by atoms with Crippen LogP contribution in [0.25, 0.3) is 0 Å². The van der Waals surface area contributed by atoms with Crippen LogP contribution in [0.4, 0.5) is 0 Å². The smallest absolute Gasteiger partial charge is 0.319 e.